The van der Waals surface area contributed by atoms with E-state index in [-0.39, 0.29) is 10.8 Å². The molecule has 0 aliphatic heterocycles. The third-order valence-electron chi connectivity index (χ3n) is 2.78. The summed E-state index contributed by atoms with van der Waals surface area (Å²) in [4.78, 5) is 14.8. The van der Waals surface area contributed by atoms with Crippen LogP contribution in [0.3, 0.4) is 0 Å². The largest absolute Gasteiger partial charge is 0.357 e. The maximum atomic E-state index is 12.2. The number of imidazole rings is 1. The number of hydrogen-bond acceptors (Lipinski definition) is 6. The van der Waals surface area contributed by atoms with Crippen LogP contribution in [0.1, 0.15) is 0 Å². The van der Waals surface area contributed by atoms with Crippen LogP contribution < -0.4 is 10.0 Å². The van der Waals surface area contributed by atoms with Crippen molar-refractivity contribution in [3.05, 3.63) is 36.7 Å². The van der Waals surface area contributed by atoms with Crippen molar-refractivity contribution in [1.29, 1.82) is 0 Å². The molecular weight excluding hydrogens is 292 g/mol. The molecular formula is C12H12N6O2S. The lowest BCUT2D eigenvalue weighted by Gasteiger charge is -2.05. The number of hydrogen-bond donors (Lipinski definition) is 3. The summed E-state index contributed by atoms with van der Waals surface area (Å²) >= 11 is 0. The minimum atomic E-state index is -3.78. The van der Waals surface area contributed by atoms with Gasteiger partial charge in [0.1, 0.15) is 4.90 Å². The van der Waals surface area contributed by atoms with Crippen molar-refractivity contribution >= 4 is 33.0 Å². The summed E-state index contributed by atoms with van der Waals surface area (Å²) in [6.07, 6.45) is 2.45. The van der Waals surface area contributed by atoms with E-state index in [1.54, 1.807) is 13.1 Å². The average molecular weight is 304 g/mol. The summed E-state index contributed by atoms with van der Waals surface area (Å²) in [5.41, 5.74) is 1.42. The number of rotatable bonds is 4. The number of nitrogens with one attached hydrogen (secondary N) is 3. The van der Waals surface area contributed by atoms with E-state index in [2.05, 4.69) is 30.0 Å². The van der Waals surface area contributed by atoms with E-state index in [9.17, 15) is 8.42 Å². The zero-order valence-electron chi connectivity index (χ0n) is 11.0. The van der Waals surface area contributed by atoms with Crippen LogP contribution in [0.4, 0.5) is 11.9 Å². The average Bonchev–Trinajstić information content (AvgIpc) is 2.88. The van der Waals surface area contributed by atoms with Gasteiger partial charge < -0.3 is 10.3 Å². The molecule has 0 bridgehead atoms. The monoisotopic (exact) mass is 304 g/mol. The highest BCUT2D eigenvalue weighted by molar-refractivity contribution is 7.92. The first-order chi connectivity index (χ1) is 10.1. The van der Waals surface area contributed by atoms with E-state index >= 15 is 0 Å². The molecule has 2 aromatic heterocycles. The Balaban J connectivity index is 1.91. The highest BCUT2D eigenvalue weighted by atomic mass is 32.2. The van der Waals surface area contributed by atoms with Gasteiger partial charge in [0.2, 0.25) is 11.9 Å². The Morgan fingerprint density at radius 2 is 1.86 bits per heavy atom. The number of aromatic amines is 1. The molecule has 8 nitrogen and oxygen atoms in total. The summed E-state index contributed by atoms with van der Waals surface area (Å²) in [6.45, 7) is 0. The molecule has 0 aliphatic carbocycles. The first kappa shape index (κ1) is 13.3. The summed E-state index contributed by atoms with van der Waals surface area (Å²) in [7, 11) is -2.13. The minimum absolute atomic E-state index is 0.0399. The fourth-order valence-electron chi connectivity index (χ4n) is 1.77. The molecule has 0 saturated heterocycles. The number of fused-ring (bicyclic) bond motifs is 1. The van der Waals surface area contributed by atoms with Gasteiger partial charge in [-0.25, -0.2) is 28.1 Å². The van der Waals surface area contributed by atoms with Gasteiger partial charge in [0, 0.05) is 7.05 Å². The summed E-state index contributed by atoms with van der Waals surface area (Å²) in [5, 5.41) is 2.72. The predicted molar refractivity (Wildman–Crippen MR) is 78.5 cm³/mol. The molecule has 108 valence electrons. The normalized spacial score (nSPS) is 11.5. The van der Waals surface area contributed by atoms with E-state index in [0.717, 1.165) is 5.52 Å². The van der Waals surface area contributed by atoms with Crippen molar-refractivity contribution in [3.8, 4) is 0 Å². The first-order valence-corrected chi connectivity index (χ1v) is 7.54. The number of benzene rings is 1. The molecule has 0 unspecified atom stereocenters. The van der Waals surface area contributed by atoms with E-state index in [4.69, 9.17) is 0 Å². The van der Waals surface area contributed by atoms with Crippen LogP contribution in [0.15, 0.2) is 41.6 Å². The Morgan fingerprint density at radius 3 is 2.52 bits per heavy atom. The molecule has 21 heavy (non-hydrogen) atoms. The van der Waals surface area contributed by atoms with Crippen LogP contribution >= 0.6 is 0 Å². The Hall–Kier alpha value is -2.68. The van der Waals surface area contributed by atoms with Crippen LogP contribution in [-0.4, -0.2) is 35.4 Å². The number of nitrogens with zero attached hydrogens (tertiary/aromatic N) is 3. The number of sulfonamides is 1. The second kappa shape index (κ2) is 5.02. The lowest BCUT2D eigenvalue weighted by Crippen LogP contribution is -2.14. The zero-order valence-corrected chi connectivity index (χ0v) is 11.8. The lowest BCUT2D eigenvalue weighted by molar-refractivity contribution is 0.600. The second-order valence-corrected chi connectivity index (χ2v) is 5.88. The quantitative estimate of drug-likeness (QED) is 0.667. The van der Waals surface area contributed by atoms with E-state index in [1.165, 1.54) is 12.4 Å². The Labute approximate surface area is 120 Å². The molecule has 0 atom stereocenters. The molecule has 0 amide bonds. The highest BCUT2D eigenvalue weighted by Crippen LogP contribution is 2.17. The van der Waals surface area contributed by atoms with Gasteiger partial charge in [0.05, 0.1) is 23.4 Å². The molecule has 3 rings (SSSR count). The Kier molecular flexibility index (Phi) is 3.18. The minimum Gasteiger partial charge on any atom is -0.357 e. The first-order valence-electron chi connectivity index (χ1n) is 6.06. The zero-order chi connectivity index (χ0) is 14.9. The Morgan fingerprint density at radius 1 is 1.14 bits per heavy atom. The summed E-state index contributed by atoms with van der Waals surface area (Å²) in [5.74, 6) is 0.492. The smallest absolute Gasteiger partial charge is 0.267 e. The summed E-state index contributed by atoms with van der Waals surface area (Å²) < 4.78 is 26.8. The molecule has 0 saturated carbocycles. The molecule has 0 radical (unpaired) electrons. The van der Waals surface area contributed by atoms with Crippen LogP contribution in [0.2, 0.25) is 0 Å². The maximum Gasteiger partial charge on any atom is 0.267 e. The molecule has 9 heteroatoms. The lowest BCUT2D eigenvalue weighted by atomic mass is 10.3. The molecule has 3 aromatic rings. The molecule has 0 fully saturated rings. The third kappa shape index (κ3) is 2.63. The van der Waals surface area contributed by atoms with E-state index in [1.807, 2.05) is 18.2 Å². The standard InChI is InChI=1S/C12H12N6O2S/c1-13-11-14-6-8(7-15-11)21(19,20)18-12-16-9-4-2-3-5-10(9)17-12/h2-7H,1H3,(H,13,14,15)(H2,16,17,18). The molecule has 3 N–H and O–H groups in total. The molecule has 1 aromatic carbocycles. The molecule has 0 spiro atoms. The van der Waals surface area contributed by atoms with E-state index < -0.39 is 10.0 Å². The van der Waals surface area contributed by atoms with Gasteiger partial charge in [-0.1, -0.05) is 12.1 Å². The van der Waals surface area contributed by atoms with Crippen molar-refractivity contribution < 1.29 is 8.42 Å². The van der Waals surface area contributed by atoms with Crippen LogP contribution in [0.25, 0.3) is 11.0 Å². The van der Waals surface area contributed by atoms with Gasteiger partial charge >= 0.3 is 0 Å². The number of anilines is 2. The fraction of sp³-hybridized carbons (Fsp3) is 0.0833. The van der Waals surface area contributed by atoms with Gasteiger partial charge in [0.15, 0.2) is 0 Å². The fourth-order valence-corrected chi connectivity index (χ4v) is 2.62. The second-order valence-electron chi connectivity index (χ2n) is 4.20. The van der Waals surface area contributed by atoms with Gasteiger partial charge in [-0.15, -0.1) is 0 Å². The number of aromatic nitrogens is 4. The van der Waals surface area contributed by atoms with Crippen molar-refractivity contribution in [2.24, 2.45) is 0 Å². The van der Waals surface area contributed by atoms with Crippen LogP contribution in [0, 0.1) is 0 Å². The van der Waals surface area contributed by atoms with E-state index in [0.29, 0.717) is 11.5 Å². The highest BCUT2D eigenvalue weighted by Gasteiger charge is 2.17. The van der Waals surface area contributed by atoms with Gasteiger partial charge in [-0.2, -0.15) is 0 Å². The number of para-hydroxylation sites is 2. The topological polar surface area (TPSA) is 113 Å². The van der Waals surface area contributed by atoms with Gasteiger partial charge in [-0.3, -0.25) is 0 Å². The Bertz CT molecular complexity index is 839. The van der Waals surface area contributed by atoms with Crippen LogP contribution in [0.5, 0.6) is 0 Å². The van der Waals surface area contributed by atoms with Crippen molar-refractivity contribution in [1.82, 2.24) is 19.9 Å². The molecule has 0 aliphatic rings. The third-order valence-corrected chi connectivity index (χ3v) is 4.08. The SMILES string of the molecule is CNc1ncc(S(=O)(=O)Nc2nc3ccccc3[nH]2)cn1. The van der Waals surface area contributed by atoms with Gasteiger partial charge in [0.25, 0.3) is 10.0 Å². The molecule has 2 heterocycles. The predicted octanol–water partition coefficient (Wildman–Crippen LogP) is 1.20. The van der Waals surface area contributed by atoms with Crippen LogP contribution in [-0.2, 0) is 10.0 Å². The van der Waals surface area contributed by atoms with Crippen molar-refractivity contribution in [2.45, 2.75) is 4.90 Å². The number of H-pyrrole nitrogens is 1. The van der Waals surface area contributed by atoms with Crippen molar-refractivity contribution in [3.63, 3.8) is 0 Å². The summed E-state index contributed by atoms with van der Waals surface area (Å²) in [6, 6.07) is 7.26. The van der Waals surface area contributed by atoms with Gasteiger partial charge in [-0.05, 0) is 12.1 Å². The maximum absolute atomic E-state index is 12.2. The van der Waals surface area contributed by atoms with Crippen molar-refractivity contribution in [2.75, 3.05) is 17.1 Å².